The highest BCUT2D eigenvalue weighted by molar-refractivity contribution is 4.68. The quantitative estimate of drug-likeness (QED) is 0.481. The van der Waals surface area contributed by atoms with Gasteiger partial charge in [0.2, 0.25) is 0 Å². The first kappa shape index (κ1) is 14.0. The monoisotopic (exact) mass is 228 g/mol. The zero-order valence-electron chi connectivity index (χ0n) is 11.0. The number of rotatable bonds is 7. The summed E-state index contributed by atoms with van der Waals surface area (Å²) < 4.78 is 11.7. The standard InChI is InChI=1S/C14H28O2/c1-3-11-15-14(16-12-4-2)13-9-7-5-6-8-10-13/h13-14H,3-12H2,1-2H3. The van der Waals surface area contributed by atoms with Gasteiger partial charge in [-0.25, -0.2) is 0 Å². The minimum atomic E-state index is 0.0676. The summed E-state index contributed by atoms with van der Waals surface area (Å²) in [5.74, 6) is 0.639. The summed E-state index contributed by atoms with van der Waals surface area (Å²) in [7, 11) is 0. The van der Waals surface area contributed by atoms with E-state index >= 15 is 0 Å². The van der Waals surface area contributed by atoms with E-state index in [9.17, 15) is 0 Å². The van der Waals surface area contributed by atoms with Crippen LogP contribution in [0.4, 0.5) is 0 Å². The molecule has 0 aromatic heterocycles. The van der Waals surface area contributed by atoms with Gasteiger partial charge in [-0.15, -0.1) is 0 Å². The van der Waals surface area contributed by atoms with Gasteiger partial charge in [0.15, 0.2) is 6.29 Å². The Labute approximate surface area is 101 Å². The fraction of sp³-hybridized carbons (Fsp3) is 1.00. The highest BCUT2D eigenvalue weighted by Crippen LogP contribution is 2.27. The van der Waals surface area contributed by atoms with Crippen molar-refractivity contribution in [1.29, 1.82) is 0 Å². The van der Waals surface area contributed by atoms with Crippen molar-refractivity contribution in [2.45, 2.75) is 71.5 Å². The fourth-order valence-corrected chi connectivity index (χ4v) is 2.37. The molecule has 2 nitrogen and oxygen atoms in total. The topological polar surface area (TPSA) is 18.5 Å². The van der Waals surface area contributed by atoms with E-state index in [-0.39, 0.29) is 6.29 Å². The molecule has 16 heavy (non-hydrogen) atoms. The van der Waals surface area contributed by atoms with Crippen LogP contribution in [-0.2, 0) is 9.47 Å². The van der Waals surface area contributed by atoms with Gasteiger partial charge in [-0.2, -0.15) is 0 Å². The molecule has 0 aromatic carbocycles. The van der Waals surface area contributed by atoms with E-state index in [1.165, 1.54) is 38.5 Å². The lowest BCUT2D eigenvalue weighted by molar-refractivity contribution is -0.174. The van der Waals surface area contributed by atoms with Gasteiger partial charge in [-0.05, 0) is 25.7 Å². The Morgan fingerprint density at radius 3 is 1.81 bits per heavy atom. The third-order valence-corrected chi connectivity index (χ3v) is 3.26. The van der Waals surface area contributed by atoms with Gasteiger partial charge >= 0.3 is 0 Å². The summed E-state index contributed by atoms with van der Waals surface area (Å²) in [4.78, 5) is 0. The van der Waals surface area contributed by atoms with Crippen molar-refractivity contribution in [1.82, 2.24) is 0 Å². The molecule has 1 aliphatic carbocycles. The van der Waals surface area contributed by atoms with Gasteiger partial charge in [0.1, 0.15) is 0 Å². The van der Waals surface area contributed by atoms with Crippen molar-refractivity contribution in [2.24, 2.45) is 5.92 Å². The maximum atomic E-state index is 5.87. The van der Waals surface area contributed by atoms with Crippen LogP contribution in [0.2, 0.25) is 0 Å². The molecule has 0 unspecified atom stereocenters. The number of ether oxygens (including phenoxy) is 2. The third kappa shape index (κ3) is 5.31. The van der Waals surface area contributed by atoms with Crippen LogP contribution in [-0.4, -0.2) is 19.5 Å². The lowest BCUT2D eigenvalue weighted by Crippen LogP contribution is -2.28. The summed E-state index contributed by atoms with van der Waals surface area (Å²) in [5, 5.41) is 0. The Bertz CT molecular complexity index is 143. The Balaban J connectivity index is 2.37. The zero-order valence-corrected chi connectivity index (χ0v) is 11.0. The van der Waals surface area contributed by atoms with Gasteiger partial charge in [-0.3, -0.25) is 0 Å². The molecule has 0 saturated heterocycles. The van der Waals surface area contributed by atoms with Crippen LogP contribution >= 0.6 is 0 Å². The smallest absolute Gasteiger partial charge is 0.160 e. The highest BCUT2D eigenvalue weighted by Gasteiger charge is 2.23. The molecule has 0 radical (unpaired) electrons. The molecule has 1 aliphatic rings. The van der Waals surface area contributed by atoms with Gasteiger partial charge < -0.3 is 9.47 Å². The first-order chi connectivity index (χ1) is 7.88. The van der Waals surface area contributed by atoms with Crippen LogP contribution in [0.5, 0.6) is 0 Å². The first-order valence-corrected chi connectivity index (χ1v) is 7.11. The number of hydrogen-bond donors (Lipinski definition) is 0. The van der Waals surface area contributed by atoms with E-state index in [2.05, 4.69) is 13.8 Å². The van der Waals surface area contributed by atoms with Crippen molar-refractivity contribution in [3.05, 3.63) is 0 Å². The SMILES string of the molecule is CCCOC(OCCC)C1CCCCCC1. The summed E-state index contributed by atoms with van der Waals surface area (Å²) in [5.41, 5.74) is 0. The van der Waals surface area contributed by atoms with Crippen molar-refractivity contribution in [2.75, 3.05) is 13.2 Å². The molecular formula is C14H28O2. The van der Waals surface area contributed by atoms with Crippen LogP contribution < -0.4 is 0 Å². The Morgan fingerprint density at radius 2 is 1.38 bits per heavy atom. The maximum Gasteiger partial charge on any atom is 0.160 e. The molecule has 0 heterocycles. The van der Waals surface area contributed by atoms with Gasteiger partial charge in [0, 0.05) is 19.1 Å². The molecule has 2 heteroatoms. The van der Waals surface area contributed by atoms with Crippen molar-refractivity contribution in [3.8, 4) is 0 Å². The van der Waals surface area contributed by atoms with Crippen molar-refractivity contribution >= 4 is 0 Å². The van der Waals surface area contributed by atoms with Crippen molar-refractivity contribution in [3.63, 3.8) is 0 Å². The molecule has 0 aliphatic heterocycles. The van der Waals surface area contributed by atoms with Gasteiger partial charge in [-0.1, -0.05) is 39.5 Å². The van der Waals surface area contributed by atoms with Crippen LogP contribution in [0.3, 0.4) is 0 Å². The summed E-state index contributed by atoms with van der Waals surface area (Å²) in [6, 6.07) is 0. The van der Waals surface area contributed by atoms with Gasteiger partial charge in [0.05, 0.1) is 0 Å². The molecular weight excluding hydrogens is 200 g/mol. The lowest BCUT2D eigenvalue weighted by atomic mass is 10.00. The predicted octanol–water partition coefficient (Wildman–Crippen LogP) is 4.14. The number of hydrogen-bond acceptors (Lipinski definition) is 2. The molecule has 96 valence electrons. The van der Waals surface area contributed by atoms with Crippen LogP contribution in [0.15, 0.2) is 0 Å². The largest absolute Gasteiger partial charge is 0.352 e. The molecule has 1 rings (SSSR count). The lowest BCUT2D eigenvalue weighted by Gasteiger charge is -2.26. The predicted molar refractivity (Wildman–Crippen MR) is 67.5 cm³/mol. The normalized spacial score (nSPS) is 18.9. The van der Waals surface area contributed by atoms with E-state index in [1.807, 2.05) is 0 Å². The van der Waals surface area contributed by atoms with E-state index in [0.29, 0.717) is 5.92 Å². The minimum absolute atomic E-state index is 0.0676. The second-order valence-electron chi connectivity index (χ2n) is 4.86. The van der Waals surface area contributed by atoms with E-state index in [4.69, 9.17) is 9.47 Å². The maximum absolute atomic E-state index is 5.87. The summed E-state index contributed by atoms with van der Waals surface area (Å²) in [6.45, 7) is 5.99. The molecule has 0 bridgehead atoms. The van der Waals surface area contributed by atoms with Crippen LogP contribution in [0, 0.1) is 5.92 Å². The molecule has 1 fully saturated rings. The Kier molecular flexibility index (Phi) is 7.87. The second kappa shape index (κ2) is 9.00. The molecule has 0 atom stereocenters. The van der Waals surface area contributed by atoms with E-state index in [1.54, 1.807) is 0 Å². The molecule has 0 amide bonds. The average molecular weight is 228 g/mol. The molecule has 1 saturated carbocycles. The second-order valence-corrected chi connectivity index (χ2v) is 4.86. The molecule has 0 aromatic rings. The zero-order chi connectivity index (χ0) is 11.6. The van der Waals surface area contributed by atoms with E-state index < -0.39 is 0 Å². The molecule has 0 N–H and O–H groups in total. The van der Waals surface area contributed by atoms with E-state index in [0.717, 1.165) is 26.1 Å². The molecule has 0 spiro atoms. The van der Waals surface area contributed by atoms with Gasteiger partial charge in [0.25, 0.3) is 0 Å². The Morgan fingerprint density at radius 1 is 0.875 bits per heavy atom. The fourth-order valence-electron chi connectivity index (χ4n) is 2.37. The highest BCUT2D eigenvalue weighted by atomic mass is 16.7. The Hall–Kier alpha value is -0.0800. The van der Waals surface area contributed by atoms with Crippen molar-refractivity contribution < 1.29 is 9.47 Å². The first-order valence-electron chi connectivity index (χ1n) is 7.11. The third-order valence-electron chi connectivity index (χ3n) is 3.26. The minimum Gasteiger partial charge on any atom is -0.352 e. The average Bonchev–Trinajstić information content (AvgIpc) is 2.58. The summed E-state index contributed by atoms with van der Waals surface area (Å²) in [6.07, 6.45) is 10.3. The van der Waals surface area contributed by atoms with Crippen LogP contribution in [0.25, 0.3) is 0 Å². The van der Waals surface area contributed by atoms with Crippen LogP contribution in [0.1, 0.15) is 65.2 Å². The summed E-state index contributed by atoms with van der Waals surface area (Å²) >= 11 is 0.